The number of benzene rings is 2. The highest BCUT2D eigenvalue weighted by atomic mass is 16.1. The summed E-state index contributed by atoms with van der Waals surface area (Å²) in [5, 5.41) is 2.89. The van der Waals surface area contributed by atoms with Crippen molar-refractivity contribution < 1.29 is 4.79 Å². The minimum Gasteiger partial charge on any atom is -0.354 e. The fraction of sp³-hybridized carbons (Fsp3) is 0.235. The Hall–Kier alpha value is -2.13. The predicted octanol–water partition coefficient (Wildman–Crippen LogP) is 2.44. The second-order valence-electron chi connectivity index (χ2n) is 4.81. The van der Waals surface area contributed by atoms with Crippen molar-refractivity contribution in [3.8, 4) is 0 Å². The second-order valence-corrected chi connectivity index (χ2v) is 4.81. The Labute approximate surface area is 119 Å². The van der Waals surface area contributed by atoms with Crippen molar-refractivity contribution in [3.63, 3.8) is 0 Å². The van der Waals surface area contributed by atoms with Gasteiger partial charge in [-0.05, 0) is 17.5 Å². The van der Waals surface area contributed by atoms with E-state index in [1.807, 2.05) is 60.7 Å². The van der Waals surface area contributed by atoms with Crippen molar-refractivity contribution in [1.29, 1.82) is 0 Å². The summed E-state index contributed by atoms with van der Waals surface area (Å²) in [5.74, 6) is 0.0419. The zero-order valence-corrected chi connectivity index (χ0v) is 11.5. The van der Waals surface area contributed by atoms with Crippen LogP contribution in [-0.4, -0.2) is 12.5 Å². The molecule has 0 aliphatic carbocycles. The number of carbonyl (C=O) groups is 1. The van der Waals surface area contributed by atoms with Gasteiger partial charge in [0.15, 0.2) is 0 Å². The predicted molar refractivity (Wildman–Crippen MR) is 81.1 cm³/mol. The third-order valence-corrected chi connectivity index (χ3v) is 3.23. The first-order chi connectivity index (χ1) is 9.75. The van der Waals surface area contributed by atoms with Crippen LogP contribution in [0.5, 0.6) is 0 Å². The lowest BCUT2D eigenvalue weighted by Crippen LogP contribution is -2.32. The van der Waals surface area contributed by atoms with Crippen molar-refractivity contribution in [1.82, 2.24) is 5.32 Å². The first-order valence-corrected chi connectivity index (χ1v) is 6.87. The number of nitrogens with two attached hydrogens (primary N) is 1. The van der Waals surface area contributed by atoms with Crippen LogP contribution in [0.15, 0.2) is 60.7 Å². The quantitative estimate of drug-likeness (QED) is 0.845. The maximum absolute atomic E-state index is 11.8. The van der Waals surface area contributed by atoms with Crippen molar-refractivity contribution in [2.45, 2.75) is 18.9 Å². The summed E-state index contributed by atoms with van der Waals surface area (Å²) in [6, 6.07) is 19.7. The van der Waals surface area contributed by atoms with Crippen LogP contribution < -0.4 is 11.1 Å². The molecule has 0 aromatic heterocycles. The molecule has 0 bridgehead atoms. The van der Waals surface area contributed by atoms with E-state index in [4.69, 9.17) is 5.73 Å². The fourth-order valence-electron chi connectivity index (χ4n) is 2.03. The van der Waals surface area contributed by atoms with Crippen LogP contribution in [0.3, 0.4) is 0 Å². The topological polar surface area (TPSA) is 55.1 Å². The number of rotatable bonds is 6. The van der Waals surface area contributed by atoms with Gasteiger partial charge in [-0.15, -0.1) is 0 Å². The molecule has 0 aliphatic heterocycles. The summed E-state index contributed by atoms with van der Waals surface area (Å²) in [7, 11) is 0. The maximum atomic E-state index is 11.8. The molecule has 3 nitrogen and oxygen atoms in total. The maximum Gasteiger partial charge on any atom is 0.220 e. The largest absolute Gasteiger partial charge is 0.354 e. The molecule has 1 atom stereocenters. The Morgan fingerprint density at radius 2 is 1.60 bits per heavy atom. The Morgan fingerprint density at radius 3 is 2.25 bits per heavy atom. The van der Waals surface area contributed by atoms with E-state index in [1.54, 1.807) is 0 Å². The van der Waals surface area contributed by atoms with E-state index in [1.165, 1.54) is 5.56 Å². The first-order valence-electron chi connectivity index (χ1n) is 6.87. The Balaban J connectivity index is 1.73. The lowest BCUT2D eigenvalue weighted by atomic mass is 10.1. The highest BCUT2D eigenvalue weighted by molar-refractivity contribution is 5.76. The normalized spacial score (nSPS) is 11.8. The molecule has 0 radical (unpaired) electrons. The van der Waals surface area contributed by atoms with Crippen LogP contribution in [0.25, 0.3) is 0 Å². The number of hydrogen-bond donors (Lipinski definition) is 2. The number of carbonyl (C=O) groups excluding carboxylic acids is 1. The van der Waals surface area contributed by atoms with Crippen LogP contribution in [0.1, 0.15) is 23.6 Å². The van der Waals surface area contributed by atoms with Gasteiger partial charge in [-0.2, -0.15) is 0 Å². The Bertz CT molecular complexity index is 525. The molecule has 2 aromatic rings. The molecule has 1 amide bonds. The molecule has 2 aromatic carbocycles. The number of hydrogen-bond acceptors (Lipinski definition) is 2. The zero-order chi connectivity index (χ0) is 14.2. The number of amides is 1. The molecule has 0 spiro atoms. The average molecular weight is 268 g/mol. The van der Waals surface area contributed by atoms with E-state index in [-0.39, 0.29) is 11.9 Å². The van der Waals surface area contributed by atoms with Gasteiger partial charge in [0.25, 0.3) is 0 Å². The van der Waals surface area contributed by atoms with Gasteiger partial charge in [-0.1, -0.05) is 60.7 Å². The Morgan fingerprint density at radius 1 is 1.00 bits per heavy atom. The minimum atomic E-state index is -0.156. The van der Waals surface area contributed by atoms with Gasteiger partial charge in [0.05, 0.1) is 0 Å². The SMILES string of the molecule is NC(CNC(=O)CCc1ccccc1)c1ccccc1. The van der Waals surface area contributed by atoms with Gasteiger partial charge in [0.1, 0.15) is 0 Å². The van der Waals surface area contributed by atoms with Crippen molar-refractivity contribution in [2.24, 2.45) is 5.73 Å². The van der Waals surface area contributed by atoms with Crippen LogP contribution in [-0.2, 0) is 11.2 Å². The fourth-order valence-corrected chi connectivity index (χ4v) is 2.03. The van der Waals surface area contributed by atoms with Gasteiger partial charge >= 0.3 is 0 Å². The smallest absolute Gasteiger partial charge is 0.220 e. The molecule has 3 N–H and O–H groups in total. The first kappa shape index (κ1) is 14.3. The number of aryl methyl sites for hydroxylation is 1. The average Bonchev–Trinajstić information content (AvgIpc) is 2.52. The monoisotopic (exact) mass is 268 g/mol. The third-order valence-electron chi connectivity index (χ3n) is 3.23. The Kier molecular flexibility index (Phi) is 5.33. The zero-order valence-electron chi connectivity index (χ0n) is 11.5. The van der Waals surface area contributed by atoms with Gasteiger partial charge < -0.3 is 11.1 Å². The van der Waals surface area contributed by atoms with Crippen LogP contribution in [0.4, 0.5) is 0 Å². The molecule has 0 saturated carbocycles. The van der Waals surface area contributed by atoms with Gasteiger partial charge in [0.2, 0.25) is 5.91 Å². The van der Waals surface area contributed by atoms with Crippen molar-refractivity contribution >= 4 is 5.91 Å². The summed E-state index contributed by atoms with van der Waals surface area (Å²) in [4.78, 5) is 11.8. The summed E-state index contributed by atoms with van der Waals surface area (Å²) < 4.78 is 0. The van der Waals surface area contributed by atoms with E-state index in [2.05, 4.69) is 5.32 Å². The molecule has 20 heavy (non-hydrogen) atoms. The highest BCUT2D eigenvalue weighted by Gasteiger charge is 2.07. The lowest BCUT2D eigenvalue weighted by Gasteiger charge is -2.13. The minimum absolute atomic E-state index is 0.0419. The summed E-state index contributed by atoms with van der Waals surface area (Å²) in [6.07, 6.45) is 1.25. The standard InChI is InChI=1S/C17H20N2O/c18-16(15-9-5-2-6-10-15)13-19-17(20)12-11-14-7-3-1-4-8-14/h1-10,16H,11-13,18H2,(H,19,20). The summed E-state index contributed by atoms with van der Waals surface area (Å²) >= 11 is 0. The van der Waals surface area contributed by atoms with Crippen molar-refractivity contribution in [2.75, 3.05) is 6.54 Å². The molecule has 104 valence electrons. The highest BCUT2D eigenvalue weighted by Crippen LogP contribution is 2.08. The molecule has 1 unspecified atom stereocenters. The molecule has 0 heterocycles. The van der Waals surface area contributed by atoms with E-state index in [9.17, 15) is 4.79 Å². The van der Waals surface area contributed by atoms with Crippen molar-refractivity contribution in [3.05, 3.63) is 71.8 Å². The van der Waals surface area contributed by atoms with Gasteiger partial charge in [-0.3, -0.25) is 4.79 Å². The van der Waals surface area contributed by atoms with E-state index >= 15 is 0 Å². The van der Waals surface area contributed by atoms with E-state index in [0.29, 0.717) is 13.0 Å². The second kappa shape index (κ2) is 7.46. The molecule has 2 rings (SSSR count). The van der Waals surface area contributed by atoms with Crippen LogP contribution in [0.2, 0.25) is 0 Å². The van der Waals surface area contributed by atoms with Crippen LogP contribution >= 0.6 is 0 Å². The van der Waals surface area contributed by atoms with E-state index in [0.717, 1.165) is 12.0 Å². The molecule has 0 saturated heterocycles. The molecular formula is C17H20N2O. The molecular weight excluding hydrogens is 248 g/mol. The third kappa shape index (κ3) is 4.52. The molecule has 0 fully saturated rings. The molecule has 0 aliphatic rings. The number of nitrogens with one attached hydrogen (secondary N) is 1. The van der Waals surface area contributed by atoms with Gasteiger partial charge in [-0.25, -0.2) is 0 Å². The van der Waals surface area contributed by atoms with E-state index < -0.39 is 0 Å². The lowest BCUT2D eigenvalue weighted by molar-refractivity contribution is -0.121. The van der Waals surface area contributed by atoms with Crippen LogP contribution in [0, 0.1) is 0 Å². The summed E-state index contributed by atoms with van der Waals surface area (Å²) in [6.45, 7) is 0.470. The van der Waals surface area contributed by atoms with Gasteiger partial charge in [0, 0.05) is 19.0 Å². The summed E-state index contributed by atoms with van der Waals surface area (Å²) in [5.41, 5.74) is 8.25. The molecule has 3 heteroatoms.